The number of hydrogen-bond acceptors (Lipinski definition) is 3. The second-order valence-corrected chi connectivity index (χ2v) is 3.74. The zero-order valence-electron chi connectivity index (χ0n) is 8.92. The molecule has 0 aliphatic heterocycles. The summed E-state index contributed by atoms with van der Waals surface area (Å²) in [7, 11) is 3.96. The second kappa shape index (κ2) is 4.80. The molecule has 0 aromatic rings. The minimum Gasteiger partial charge on any atom is -0.343 e. The van der Waals surface area contributed by atoms with Crippen LogP contribution < -0.4 is 5.73 Å². The van der Waals surface area contributed by atoms with E-state index < -0.39 is 5.72 Å². The van der Waals surface area contributed by atoms with Gasteiger partial charge < -0.3 is 10.5 Å². The molecule has 0 rings (SSSR count). The number of ether oxygens (including phenoxy) is 1. The third kappa shape index (κ3) is 4.70. The molecule has 2 unspecified atom stereocenters. The van der Waals surface area contributed by atoms with E-state index in [9.17, 15) is 0 Å². The SMILES string of the molecule is CCCC(C)(N)OC(C)N(C)C. The fourth-order valence-electron chi connectivity index (χ4n) is 1.05. The average Bonchev–Trinajstić information content (AvgIpc) is 1.85. The summed E-state index contributed by atoms with van der Waals surface area (Å²) in [5, 5.41) is 0. The van der Waals surface area contributed by atoms with Gasteiger partial charge in [-0.15, -0.1) is 0 Å². The first-order valence-corrected chi connectivity index (χ1v) is 4.52. The molecule has 0 spiro atoms. The Morgan fingerprint density at radius 1 is 1.50 bits per heavy atom. The predicted molar refractivity (Wildman–Crippen MR) is 51.7 cm³/mol. The van der Waals surface area contributed by atoms with E-state index in [-0.39, 0.29) is 6.23 Å². The summed E-state index contributed by atoms with van der Waals surface area (Å²) in [5.41, 5.74) is 5.43. The zero-order valence-corrected chi connectivity index (χ0v) is 8.92. The molecule has 0 fully saturated rings. The van der Waals surface area contributed by atoms with Crippen LogP contribution in [0.25, 0.3) is 0 Å². The van der Waals surface area contributed by atoms with Crippen LogP contribution >= 0.6 is 0 Å². The van der Waals surface area contributed by atoms with Gasteiger partial charge in [0, 0.05) is 0 Å². The van der Waals surface area contributed by atoms with Crippen molar-refractivity contribution in [3.63, 3.8) is 0 Å². The third-order valence-corrected chi connectivity index (χ3v) is 1.91. The molecule has 0 aliphatic carbocycles. The van der Waals surface area contributed by atoms with Crippen LogP contribution in [-0.2, 0) is 4.74 Å². The summed E-state index contributed by atoms with van der Waals surface area (Å²) >= 11 is 0. The van der Waals surface area contributed by atoms with Crippen LogP contribution in [0.15, 0.2) is 0 Å². The Labute approximate surface area is 75.9 Å². The summed E-state index contributed by atoms with van der Waals surface area (Å²) in [4.78, 5) is 2.00. The van der Waals surface area contributed by atoms with Gasteiger partial charge in [-0.1, -0.05) is 13.3 Å². The van der Waals surface area contributed by atoms with E-state index in [0.717, 1.165) is 12.8 Å². The summed E-state index contributed by atoms with van der Waals surface area (Å²) in [5.74, 6) is 0. The smallest absolute Gasteiger partial charge is 0.116 e. The van der Waals surface area contributed by atoms with Gasteiger partial charge in [-0.05, 0) is 34.4 Å². The van der Waals surface area contributed by atoms with Crippen LogP contribution in [0.3, 0.4) is 0 Å². The molecule has 2 atom stereocenters. The van der Waals surface area contributed by atoms with Crippen LogP contribution in [0, 0.1) is 0 Å². The molecule has 0 aliphatic rings. The van der Waals surface area contributed by atoms with E-state index in [1.165, 1.54) is 0 Å². The van der Waals surface area contributed by atoms with Gasteiger partial charge in [0.1, 0.15) is 12.0 Å². The van der Waals surface area contributed by atoms with E-state index in [1.807, 2.05) is 32.8 Å². The van der Waals surface area contributed by atoms with Gasteiger partial charge in [0.2, 0.25) is 0 Å². The van der Waals surface area contributed by atoms with Crippen molar-refractivity contribution in [2.75, 3.05) is 14.1 Å². The summed E-state index contributed by atoms with van der Waals surface area (Å²) in [6.07, 6.45) is 2.02. The summed E-state index contributed by atoms with van der Waals surface area (Å²) in [6.45, 7) is 6.03. The molecular formula is C9H22N2O. The highest BCUT2D eigenvalue weighted by Gasteiger charge is 2.21. The lowest BCUT2D eigenvalue weighted by molar-refractivity contribution is -0.127. The minimum atomic E-state index is -0.488. The number of rotatable bonds is 5. The maximum Gasteiger partial charge on any atom is 0.116 e. The molecular weight excluding hydrogens is 152 g/mol. The first kappa shape index (κ1) is 11.9. The van der Waals surface area contributed by atoms with Crippen molar-refractivity contribution in [1.29, 1.82) is 0 Å². The highest BCUT2D eigenvalue weighted by molar-refractivity contribution is 4.66. The molecule has 2 N–H and O–H groups in total. The Bertz CT molecular complexity index is 124. The third-order valence-electron chi connectivity index (χ3n) is 1.91. The lowest BCUT2D eigenvalue weighted by Gasteiger charge is -2.31. The molecule has 0 amide bonds. The normalized spacial score (nSPS) is 19.2. The molecule has 0 heterocycles. The van der Waals surface area contributed by atoms with Crippen molar-refractivity contribution in [1.82, 2.24) is 4.90 Å². The Kier molecular flexibility index (Phi) is 4.75. The van der Waals surface area contributed by atoms with Crippen molar-refractivity contribution in [3.8, 4) is 0 Å². The molecule has 12 heavy (non-hydrogen) atoms. The van der Waals surface area contributed by atoms with Crippen LogP contribution in [0.1, 0.15) is 33.6 Å². The fourth-order valence-corrected chi connectivity index (χ4v) is 1.05. The molecule has 0 aromatic carbocycles. The maximum atomic E-state index is 5.92. The standard InChI is InChI=1S/C9H22N2O/c1-6-7-9(3,10)12-8(2)11(4)5/h8H,6-7,10H2,1-5H3. The van der Waals surface area contributed by atoms with E-state index in [1.54, 1.807) is 0 Å². The van der Waals surface area contributed by atoms with Crippen molar-refractivity contribution >= 4 is 0 Å². The Morgan fingerprint density at radius 2 is 2.00 bits per heavy atom. The Hall–Kier alpha value is -0.120. The zero-order chi connectivity index (χ0) is 9.78. The highest BCUT2D eigenvalue weighted by Crippen LogP contribution is 2.13. The second-order valence-electron chi connectivity index (χ2n) is 3.74. The predicted octanol–water partition coefficient (Wildman–Crippen LogP) is 1.39. The van der Waals surface area contributed by atoms with Gasteiger partial charge in [0.05, 0.1) is 0 Å². The minimum absolute atomic E-state index is 0.0755. The van der Waals surface area contributed by atoms with Crippen molar-refractivity contribution < 1.29 is 4.74 Å². The van der Waals surface area contributed by atoms with Crippen LogP contribution in [-0.4, -0.2) is 30.9 Å². The number of nitrogens with two attached hydrogens (primary N) is 1. The van der Waals surface area contributed by atoms with Crippen molar-refractivity contribution in [2.45, 2.75) is 45.6 Å². The van der Waals surface area contributed by atoms with Gasteiger partial charge in [0.25, 0.3) is 0 Å². The fraction of sp³-hybridized carbons (Fsp3) is 1.00. The molecule has 0 saturated heterocycles. The monoisotopic (exact) mass is 174 g/mol. The number of nitrogens with zero attached hydrogens (tertiary/aromatic N) is 1. The van der Waals surface area contributed by atoms with Gasteiger partial charge in [-0.2, -0.15) is 0 Å². The molecule has 0 radical (unpaired) electrons. The van der Waals surface area contributed by atoms with Gasteiger partial charge in [0.15, 0.2) is 0 Å². The number of hydrogen-bond donors (Lipinski definition) is 1. The van der Waals surface area contributed by atoms with E-state index in [2.05, 4.69) is 6.92 Å². The van der Waals surface area contributed by atoms with E-state index >= 15 is 0 Å². The quantitative estimate of drug-likeness (QED) is 0.640. The highest BCUT2D eigenvalue weighted by atomic mass is 16.5. The lowest BCUT2D eigenvalue weighted by Crippen LogP contribution is -2.45. The Balaban J connectivity index is 3.87. The summed E-state index contributed by atoms with van der Waals surface area (Å²) < 4.78 is 5.64. The molecule has 0 saturated carbocycles. The van der Waals surface area contributed by atoms with Crippen molar-refractivity contribution in [2.24, 2.45) is 5.73 Å². The lowest BCUT2D eigenvalue weighted by atomic mass is 10.1. The molecule has 74 valence electrons. The summed E-state index contributed by atoms with van der Waals surface area (Å²) in [6, 6.07) is 0. The molecule has 3 heteroatoms. The average molecular weight is 174 g/mol. The van der Waals surface area contributed by atoms with Crippen molar-refractivity contribution in [3.05, 3.63) is 0 Å². The molecule has 0 aromatic heterocycles. The van der Waals surface area contributed by atoms with Crippen LogP contribution in [0.4, 0.5) is 0 Å². The molecule has 0 bridgehead atoms. The van der Waals surface area contributed by atoms with Gasteiger partial charge in [-0.3, -0.25) is 4.90 Å². The van der Waals surface area contributed by atoms with Gasteiger partial charge >= 0.3 is 0 Å². The topological polar surface area (TPSA) is 38.5 Å². The molecule has 3 nitrogen and oxygen atoms in total. The van der Waals surface area contributed by atoms with Gasteiger partial charge in [-0.25, -0.2) is 0 Å². The van der Waals surface area contributed by atoms with Crippen LogP contribution in [0.5, 0.6) is 0 Å². The Morgan fingerprint density at radius 3 is 2.33 bits per heavy atom. The maximum absolute atomic E-state index is 5.92. The van der Waals surface area contributed by atoms with Crippen LogP contribution in [0.2, 0.25) is 0 Å². The van der Waals surface area contributed by atoms with E-state index in [0.29, 0.717) is 0 Å². The first-order chi connectivity index (χ1) is 5.39. The first-order valence-electron chi connectivity index (χ1n) is 4.52. The van der Waals surface area contributed by atoms with E-state index in [4.69, 9.17) is 10.5 Å². The largest absolute Gasteiger partial charge is 0.343 e.